The number of para-hydroxylation sites is 1. The molecule has 31 heavy (non-hydrogen) atoms. The number of ketones is 1. The number of thiazole rings is 1. The molecule has 0 aliphatic carbocycles. The third kappa shape index (κ3) is 4.68. The summed E-state index contributed by atoms with van der Waals surface area (Å²) >= 11 is 1.49. The fourth-order valence-corrected chi connectivity index (χ4v) is 5.99. The first-order chi connectivity index (χ1) is 14.8. The lowest BCUT2D eigenvalue weighted by atomic mass is 9.98. The Morgan fingerprint density at radius 1 is 1.13 bits per heavy atom. The largest absolute Gasteiger partial charge is 0.458 e. The normalized spacial score (nSPS) is 15.8. The van der Waals surface area contributed by atoms with E-state index in [1.165, 1.54) is 34.7 Å². The molecule has 2 heterocycles. The van der Waals surface area contributed by atoms with Gasteiger partial charge in [0.25, 0.3) is 0 Å². The van der Waals surface area contributed by atoms with Crippen LogP contribution in [0, 0.1) is 5.92 Å². The van der Waals surface area contributed by atoms with E-state index in [1.807, 2.05) is 24.3 Å². The van der Waals surface area contributed by atoms with Crippen molar-refractivity contribution < 1.29 is 22.7 Å². The predicted octanol–water partition coefficient (Wildman–Crippen LogP) is 3.64. The third-order valence-corrected chi connectivity index (χ3v) is 8.25. The number of hydrogen-bond acceptors (Lipinski definition) is 7. The molecule has 1 aromatic heterocycles. The molecule has 7 nitrogen and oxygen atoms in total. The van der Waals surface area contributed by atoms with Gasteiger partial charge in [-0.1, -0.05) is 24.3 Å². The lowest BCUT2D eigenvalue weighted by Crippen LogP contribution is -2.40. The number of sulfonamides is 1. The number of ether oxygens (including phenoxy) is 1. The number of hydrogen-bond donors (Lipinski definition) is 0. The van der Waals surface area contributed by atoms with Gasteiger partial charge in [-0.15, -0.1) is 11.3 Å². The van der Waals surface area contributed by atoms with Crippen LogP contribution in [-0.4, -0.2) is 42.5 Å². The predicted molar refractivity (Wildman–Crippen MR) is 117 cm³/mol. The summed E-state index contributed by atoms with van der Waals surface area (Å²) in [6.45, 7) is 1.98. The van der Waals surface area contributed by atoms with Crippen LogP contribution < -0.4 is 0 Å². The summed E-state index contributed by atoms with van der Waals surface area (Å²) in [6.07, 6.45) is 0.786. The molecule has 1 saturated heterocycles. The van der Waals surface area contributed by atoms with Gasteiger partial charge < -0.3 is 4.74 Å². The summed E-state index contributed by atoms with van der Waals surface area (Å²) in [5.74, 6) is -0.856. The molecule has 1 aliphatic heterocycles. The quantitative estimate of drug-likeness (QED) is 0.414. The molecule has 2 aromatic carbocycles. The maximum absolute atomic E-state index is 12.9. The number of Topliss-reactive ketones (excluding diaryl/α,β-unsaturated/α-hetero) is 1. The number of piperidine rings is 1. The highest BCUT2D eigenvalue weighted by atomic mass is 32.2. The smallest absolute Gasteiger partial charge is 0.309 e. The van der Waals surface area contributed by atoms with Gasteiger partial charge >= 0.3 is 5.97 Å². The van der Waals surface area contributed by atoms with Crippen LogP contribution in [0.3, 0.4) is 0 Å². The Hall–Kier alpha value is -2.62. The summed E-state index contributed by atoms with van der Waals surface area (Å²) in [5.41, 5.74) is 1.24. The first kappa shape index (κ1) is 21.6. The van der Waals surface area contributed by atoms with Crippen LogP contribution in [0.1, 0.15) is 35.1 Å². The number of aromatic nitrogens is 1. The minimum Gasteiger partial charge on any atom is -0.458 e. The van der Waals surface area contributed by atoms with Crippen molar-refractivity contribution in [1.29, 1.82) is 0 Å². The molecular weight excluding hydrogens is 436 g/mol. The van der Waals surface area contributed by atoms with E-state index >= 15 is 0 Å². The number of carbonyl (C=O) groups is 2. The zero-order chi connectivity index (χ0) is 22.0. The zero-order valence-electron chi connectivity index (χ0n) is 17.0. The van der Waals surface area contributed by atoms with Crippen molar-refractivity contribution in [3.05, 3.63) is 59.1 Å². The molecule has 0 radical (unpaired) electrons. The number of nitrogens with zero attached hydrogens (tertiary/aromatic N) is 2. The topological polar surface area (TPSA) is 93.6 Å². The first-order valence-electron chi connectivity index (χ1n) is 9.97. The molecule has 162 valence electrons. The van der Waals surface area contributed by atoms with Gasteiger partial charge in [0.15, 0.2) is 5.78 Å². The van der Waals surface area contributed by atoms with E-state index in [1.54, 1.807) is 12.1 Å². The standard InChI is InChI=1S/C22H22N2O5S2/c1-15(25)17-5-4-6-18(13-17)31(27,28)24-11-9-16(10-12-24)22(26)29-14-21-23-19-7-2-3-8-20(19)30-21/h2-8,13,16H,9-12,14H2,1H3. The molecule has 3 aromatic rings. The lowest BCUT2D eigenvalue weighted by Gasteiger charge is -2.30. The second-order valence-corrected chi connectivity index (χ2v) is 10.5. The number of fused-ring (bicyclic) bond motifs is 1. The van der Waals surface area contributed by atoms with Crippen molar-refractivity contribution >= 4 is 43.3 Å². The van der Waals surface area contributed by atoms with Crippen molar-refractivity contribution in [2.24, 2.45) is 5.92 Å². The molecule has 0 amide bonds. The number of benzene rings is 2. The minimum atomic E-state index is -3.72. The van der Waals surface area contributed by atoms with Crippen molar-refractivity contribution in [2.75, 3.05) is 13.1 Å². The van der Waals surface area contributed by atoms with Gasteiger partial charge in [0.1, 0.15) is 11.6 Å². The molecular formula is C22H22N2O5S2. The van der Waals surface area contributed by atoms with E-state index in [0.29, 0.717) is 18.4 Å². The molecule has 1 fully saturated rings. The molecule has 1 aliphatic rings. The van der Waals surface area contributed by atoms with Gasteiger partial charge in [0.2, 0.25) is 10.0 Å². The Morgan fingerprint density at radius 3 is 2.58 bits per heavy atom. The van der Waals surface area contributed by atoms with Gasteiger partial charge in [0, 0.05) is 18.7 Å². The number of rotatable bonds is 6. The van der Waals surface area contributed by atoms with Gasteiger partial charge in [-0.3, -0.25) is 9.59 Å². The van der Waals surface area contributed by atoms with Crippen LogP contribution >= 0.6 is 11.3 Å². The Bertz CT molecular complexity index is 1190. The fraction of sp³-hybridized carbons (Fsp3) is 0.318. The van der Waals surface area contributed by atoms with E-state index in [4.69, 9.17) is 4.74 Å². The zero-order valence-corrected chi connectivity index (χ0v) is 18.6. The van der Waals surface area contributed by atoms with Crippen LogP contribution in [0.25, 0.3) is 10.2 Å². The number of esters is 1. The molecule has 9 heteroatoms. The van der Waals surface area contributed by atoms with Crippen molar-refractivity contribution in [2.45, 2.75) is 31.3 Å². The SMILES string of the molecule is CC(=O)c1cccc(S(=O)(=O)N2CCC(C(=O)OCc3nc4ccccc4s3)CC2)c1. The summed E-state index contributed by atoms with van der Waals surface area (Å²) < 4.78 is 33.7. The monoisotopic (exact) mass is 458 g/mol. The summed E-state index contributed by atoms with van der Waals surface area (Å²) in [6, 6.07) is 13.8. The van der Waals surface area contributed by atoms with E-state index in [2.05, 4.69) is 4.98 Å². The Kier molecular flexibility index (Phi) is 6.17. The Balaban J connectivity index is 1.34. The molecule has 0 spiro atoms. The summed E-state index contributed by atoms with van der Waals surface area (Å²) in [5, 5.41) is 0.736. The van der Waals surface area contributed by atoms with Crippen molar-refractivity contribution in [3.8, 4) is 0 Å². The van der Waals surface area contributed by atoms with Crippen molar-refractivity contribution in [1.82, 2.24) is 9.29 Å². The fourth-order valence-electron chi connectivity index (χ4n) is 3.59. The molecule has 0 atom stereocenters. The van der Waals surface area contributed by atoms with Gasteiger partial charge in [0.05, 0.1) is 21.0 Å². The van der Waals surface area contributed by atoms with Crippen LogP contribution in [0.2, 0.25) is 0 Å². The van der Waals surface area contributed by atoms with Gasteiger partial charge in [-0.25, -0.2) is 13.4 Å². The first-order valence-corrected chi connectivity index (χ1v) is 12.2. The number of carbonyl (C=O) groups excluding carboxylic acids is 2. The molecule has 0 N–H and O–H groups in total. The van der Waals surface area contributed by atoms with Crippen LogP contribution in [0.5, 0.6) is 0 Å². The summed E-state index contributed by atoms with van der Waals surface area (Å²) in [4.78, 5) is 28.6. The van der Waals surface area contributed by atoms with Crippen molar-refractivity contribution in [3.63, 3.8) is 0 Å². The summed E-state index contributed by atoms with van der Waals surface area (Å²) in [7, 11) is -3.72. The Labute approximate surface area is 184 Å². The molecule has 4 rings (SSSR count). The van der Waals surface area contributed by atoms with Crippen LogP contribution in [-0.2, 0) is 26.2 Å². The maximum atomic E-state index is 12.9. The average Bonchev–Trinajstić information content (AvgIpc) is 3.20. The third-order valence-electron chi connectivity index (χ3n) is 5.34. The Morgan fingerprint density at radius 2 is 1.87 bits per heavy atom. The lowest BCUT2D eigenvalue weighted by molar-refractivity contribution is -0.151. The van der Waals surface area contributed by atoms with Crippen LogP contribution in [0.4, 0.5) is 0 Å². The molecule has 0 bridgehead atoms. The van der Waals surface area contributed by atoms with E-state index in [0.717, 1.165) is 15.2 Å². The maximum Gasteiger partial charge on any atom is 0.309 e. The molecule has 0 unspecified atom stereocenters. The second kappa shape index (κ2) is 8.86. The highest BCUT2D eigenvalue weighted by Gasteiger charge is 2.33. The highest BCUT2D eigenvalue weighted by Crippen LogP contribution is 2.26. The highest BCUT2D eigenvalue weighted by molar-refractivity contribution is 7.89. The van der Waals surface area contributed by atoms with Gasteiger partial charge in [-0.05, 0) is 44.0 Å². The molecule has 0 saturated carbocycles. The van der Waals surface area contributed by atoms with E-state index < -0.39 is 10.0 Å². The van der Waals surface area contributed by atoms with E-state index in [9.17, 15) is 18.0 Å². The average molecular weight is 459 g/mol. The van der Waals surface area contributed by atoms with Gasteiger partial charge in [-0.2, -0.15) is 4.31 Å². The van der Waals surface area contributed by atoms with E-state index in [-0.39, 0.29) is 42.3 Å². The van der Waals surface area contributed by atoms with Crippen LogP contribution in [0.15, 0.2) is 53.4 Å². The minimum absolute atomic E-state index is 0.0945. The second-order valence-electron chi connectivity index (χ2n) is 7.45.